The number of nitrogens with zero attached hydrogens (tertiary/aromatic N) is 1. The van der Waals surface area contributed by atoms with E-state index in [1.54, 1.807) is 0 Å². The van der Waals surface area contributed by atoms with E-state index >= 15 is 0 Å². The summed E-state index contributed by atoms with van der Waals surface area (Å²) in [5, 5.41) is 13.5. The molecule has 0 saturated carbocycles. The molecule has 4 N–H and O–H groups in total. The number of ether oxygens (including phenoxy) is 1. The lowest BCUT2D eigenvalue weighted by molar-refractivity contribution is -0.155. The predicted octanol–water partition coefficient (Wildman–Crippen LogP) is 1.17. The molecular formula is C10H20F3N3O2. The van der Waals surface area contributed by atoms with E-state index in [1.165, 1.54) is 7.11 Å². The molecule has 0 saturated heterocycles. The van der Waals surface area contributed by atoms with Gasteiger partial charge >= 0.3 is 6.18 Å². The number of nitrogens with one attached hydrogen (secondary N) is 1. The Morgan fingerprint density at radius 1 is 1.44 bits per heavy atom. The number of rotatable bonds is 7. The van der Waals surface area contributed by atoms with Crippen molar-refractivity contribution < 1.29 is 23.1 Å². The predicted molar refractivity (Wildman–Crippen MR) is 61.5 cm³/mol. The molecule has 0 aliphatic carbocycles. The fraction of sp³-hybridized carbons (Fsp3) is 0.900. The molecule has 8 heteroatoms. The van der Waals surface area contributed by atoms with E-state index in [9.17, 15) is 13.2 Å². The first-order chi connectivity index (χ1) is 8.23. The van der Waals surface area contributed by atoms with Crippen LogP contribution >= 0.6 is 0 Å². The minimum Gasteiger partial charge on any atom is -0.409 e. The Morgan fingerprint density at radius 2 is 2.00 bits per heavy atom. The second-order valence-corrected chi connectivity index (χ2v) is 4.33. The lowest BCUT2D eigenvalue weighted by Gasteiger charge is -2.25. The minimum absolute atomic E-state index is 0.103. The standard InChI is InChI=1S/C10H20F3N3O2/c1-6(2)8(5-18-3)15-4-7(9(14)16-17)10(11,12)13/h6-8,15,17H,4-5H2,1-3H3,(H2,14,16). The van der Waals surface area contributed by atoms with Crippen molar-refractivity contribution in [3.63, 3.8) is 0 Å². The van der Waals surface area contributed by atoms with Gasteiger partial charge in [0.2, 0.25) is 0 Å². The lowest BCUT2D eigenvalue weighted by atomic mass is 10.0. The van der Waals surface area contributed by atoms with Gasteiger partial charge in [0.25, 0.3) is 0 Å². The van der Waals surface area contributed by atoms with Crippen molar-refractivity contribution in [2.75, 3.05) is 20.3 Å². The molecule has 108 valence electrons. The molecule has 5 nitrogen and oxygen atoms in total. The average Bonchev–Trinajstić information content (AvgIpc) is 2.25. The van der Waals surface area contributed by atoms with Crippen molar-refractivity contribution in [1.82, 2.24) is 5.32 Å². The van der Waals surface area contributed by atoms with E-state index in [-0.39, 0.29) is 12.0 Å². The second kappa shape index (κ2) is 7.42. The molecule has 0 heterocycles. The van der Waals surface area contributed by atoms with Crippen LogP contribution < -0.4 is 11.1 Å². The normalized spacial score (nSPS) is 16.9. The minimum atomic E-state index is -4.56. The van der Waals surface area contributed by atoms with Crippen LogP contribution in [0.15, 0.2) is 5.16 Å². The molecule has 0 spiro atoms. The number of methoxy groups -OCH3 is 1. The zero-order valence-electron chi connectivity index (χ0n) is 10.7. The monoisotopic (exact) mass is 271 g/mol. The highest BCUT2D eigenvalue weighted by atomic mass is 19.4. The van der Waals surface area contributed by atoms with Gasteiger partial charge in [0.15, 0.2) is 5.84 Å². The highest BCUT2D eigenvalue weighted by Gasteiger charge is 2.42. The first-order valence-corrected chi connectivity index (χ1v) is 5.50. The van der Waals surface area contributed by atoms with Gasteiger partial charge in [0, 0.05) is 19.7 Å². The van der Waals surface area contributed by atoms with Crippen LogP contribution in [-0.4, -0.2) is 43.5 Å². The molecule has 0 aliphatic rings. The topological polar surface area (TPSA) is 79.9 Å². The molecular weight excluding hydrogens is 251 g/mol. The van der Waals surface area contributed by atoms with E-state index in [1.807, 2.05) is 13.8 Å². The van der Waals surface area contributed by atoms with Crippen molar-refractivity contribution in [3.8, 4) is 0 Å². The Balaban J connectivity index is 4.60. The Kier molecular flexibility index (Phi) is 7.00. The molecule has 0 aromatic rings. The van der Waals surface area contributed by atoms with Crippen molar-refractivity contribution >= 4 is 5.84 Å². The third kappa shape index (κ3) is 5.54. The number of oxime groups is 1. The Bertz CT molecular complexity index is 270. The van der Waals surface area contributed by atoms with E-state index in [2.05, 4.69) is 10.5 Å². The number of amidine groups is 1. The highest BCUT2D eigenvalue weighted by Crippen LogP contribution is 2.26. The summed E-state index contributed by atoms with van der Waals surface area (Å²) in [6, 6.07) is -0.230. The van der Waals surface area contributed by atoms with Gasteiger partial charge in [-0.2, -0.15) is 13.2 Å². The van der Waals surface area contributed by atoms with Gasteiger partial charge in [0.05, 0.1) is 6.61 Å². The summed E-state index contributed by atoms with van der Waals surface area (Å²) in [5.41, 5.74) is 5.05. The maximum atomic E-state index is 12.7. The van der Waals surface area contributed by atoms with Crippen LogP contribution in [-0.2, 0) is 4.74 Å². The fourth-order valence-electron chi connectivity index (χ4n) is 1.39. The molecule has 0 aromatic heterocycles. The van der Waals surface area contributed by atoms with Crippen molar-refractivity contribution in [2.45, 2.75) is 26.1 Å². The largest absolute Gasteiger partial charge is 0.409 e. The molecule has 0 bridgehead atoms. The summed E-state index contributed by atoms with van der Waals surface area (Å²) >= 11 is 0. The third-order valence-corrected chi connectivity index (χ3v) is 2.60. The van der Waals surface area contributed by atoms with E-state index in [0.29, 0.717) is 6.61 Å². The van der Waals surface area contributed by atoms with Crippen molar-refractivity contribution in [1.29, 1.82) is 0 Å². The first-order valence-electron chi connectivity index (χ1n) is 5.50. The molecule has 0 aromatic carbocycles. The first kappa shape index (κ1) is 17.0. The van der Waals surface area contributed by atoms with E-state index < -0.39 is 24.5 Å². The van der Waals surface area contributed by atoms with Crippen LogP contribution in [0.25, 0.3) is 0 Å². The van der Waals surface area contributed by atoms with Crippen LogP contribution in [0.1, 0.15) is 13.8 Å². The van der Waals surface area contributed by atoms with Gasteiger partial charge in [-0.25, -0.2) is 0 Å². The van der Waals surface area contributed by atoms with Crippen molar-refractivity contribution in [3.05, 3.63) is 0 Å². The van der Waals surface area contributed by atoms with E-state index in [0.717, 1.165) is 0 Å². The summed E-state index contributed by atoms with van der Waals surface area (Å²) in [6.45, 7) is 3.57. The highest BCUT2D eigenvalue weighted by molar-refractivity contribution is 5.83. The smallest absolute Gasteiger partial charge is 0.400 e. The van der Waals surface area contributed by atoms with Crippen LogP contribution in [0.5, 0.6) is 0 Å². The lowest BCUT2D eigenvalue weighted by Crippen LogP contribution is -2.47. The summed E-state index contributed by atoms with van der Waals surface area (Å²) in [5.74, 6) is -2.76. The average molecular weight is 271 g/mol. The fourth-order valence-corrected chi connectivity index (χ4v) is 1.39. The van der Waals surface area contributed by atoms with Gasteiger partial charge in [0.1, 0.15) is 5.92 Å². The Morgan fingerprint density at radius 3 is 2.33 bits per heavy atom. The molecule has 18 heavy (non-hydrogen) atoms. The van der Waals surface area contributed by atoms with Crippen LogP contribution in [0.2, 0.25) is 0 Å². The van der Waals surface area contributed by atoms with Gasteiger partial charge < -0.3 is 21.0 Å². The van der Waals surface area contributed by atoms with Crippen molar-refractivity contribution in [2.24, 2.45) is 22.7 Å². The molecule has 0 fully saturated rings. The quantitative estimate of drug-likeness (QED) is 0.281. The zero-order valence-corrected chi connectivity index (χ0v) is 10.7. The molecule has 0 rings (SSSR count). The molecule has 2 unspecified atom stereocenters. The maximum Gasteiger partial charge on any atom is 0.400 e. The number of hydrogen-bond donors (Lipinski definition) is 3. The van der Waals surface area contributed by atoms with Crippen LogP contribution in [0, 0.1) is 11.8 Å². The Labute approximate surface area is 104 Å². The number of alkyl halides is 3. The Hall–Kier alpha value is -1.02. The summed E-state index contributed by atoms with van der Waals surface area (Å²) in [7, 11) is 1.47. The second-order valence-electron chi connectivity index (χ2n) is 4.33. The summed E-state index contributed by atoms with van der Waals surface area (Å²) in [4.78, 5) is 0. The van der Waals surface area contributed by atoms with Gasteiger partial charge in [-0.05, 0) is 5.92 Å². The maximum absolute atomic E-state index is 12.7. The summed E-state index contributed by atoms with van der Waals surface area (Å²) in [6.07, 6.45) is -4.56. The zero-order chi connectivity index (χ0) is 14.3. The number of hydrogen-bond acceptors (Lipinski definition) is 4. The molecule has 0 radical (unpaired) electrons. The van der Waals surface area contributed by atoms with E-state index in [4.69, 9.17) is 15.7 Å². The number of nitrogens with two attached hydrogens (primary N) is 1. The van der Waals surface area contributed by atoms with Gasteiger partial charge in [-0.3, -0.25) is 0 Å². The SMILES string of the molecule is COCC(NCC(C(N)=NO)C(F)(F)F)C(C)C. The van der Waals surface area contributed by atoms with Gasteiger partial charge in [-0.15, -0.1) is 0 Å². The molecule has 2 atom stereocenters. The third-order valence-electron chi connectivity index (χ3n) is 2.60. The molecule has 0 aliphatic heterocycles. The summed E-state index contributed by atoms with van der Waals surface area (Å²) < 4.78 is 42.9. The number of halogens is 3. The van der Waals surface area contributed by atoms with Crippen LogP contribution in [0.3, 0.4) is 0 Å². The van der Waals surface area contributed by atoms with Crippen LogP contribution in [0.4, 0.5) is 13.2 Å². The molecule has 0 amide bonds. The van der Waals surface area contributed by atoms with Gasteiger partial charge in [-0.1, -0.05) is 19.0 Å².